The maximum absolute atomic E-state index is 10.4. The van der Waals surface area contributed by atoms with Crippen molar-refractivity contribution in [2.75, 3.05) is 0 Å². The SMILES string of the molecule is CC(C#N)C1(O)CCCCC1(C)C. The molecule has 0 heterocycles. The fraction of sp³-hybridized carbons (Fsp3) is 0.909. The Labute approximate surface area is 80.6 Å². The van der Waals surface area contributed by atoms with Crippen LogP contribution in [0.1, 0.15) is 46.5 Å². The van der Waals surface area contributed by atoms with Crippen molar-refractivity contribution in [2.24, 2.45) is 11.3 Å². The molecule has 0 aliphatic heterocycles. The van der Waals surface area contributed by atoms with Gasteiger partial charge in [0.15, 0.2) is 0 Å². The second-order valence-electron chi connectivity index (χ2n) is 4.87. The standard InChI is InChI=1S/C11H19NO/c1-9(8-12)11(13)7-5-4-6-10(11,2)3/h9,13H,4-7H2,1-3H3. The summed E-state index contributed by atoms with van der Waals surface area (Å²) < 4.78 is 0. The highest BCUT2D eigenvalue weighted by Gasteiger charge is 2.48. The van der Waals surface area contributed by atoms with Crippen LogP contribution in [0.15, 0.2) is 0 Å². The molecule has 0 bridgehead atoms. The number of hydrogen-bond donors (Lipinski definition) is 1. The van der Waals surface area contributed by atoms with Crippen molar-refractivity contribution in [3.8, 4) is 6.07 Å². The molecule has 0 saturated heterocycles. The lowest BCUT2D eigenvalue weighted by molar-refractivity contribution is -0.119. The number of hydrogen-bond acceptors (Lipinski definition) is 2. The van der Waals surface area contributed by atoms with Crippen LogP contribution in [0.25, 0.3) is 0 Å². The quantitative estimate of drug-likeness (QED) is 0.675. The molecule has 1 aliphatic carbocycles. The van der Waals surface area contributed by atoms with E-state index in [4.69, 9.17) is 5.26 Å². The lowest BCUT2D eigenvalue weighted by atomic mass is 9.61. The molecular formula is C11H19NO. The normalized spacial score (nSPS) is 35.0. The maximum atomic E-state index is 10.4. The topological polar surface area (TPSA) is 44.0 Å². The van der Waals surface area contributed by atoms with E-state index in [1.807, 2.05) is 6.92 Å². The van der Waals surface area contributed by atoms with Gasteiger partial charge in [0.25, 0.3) is 0 Å². The third kappa shape index (κ3) is 1.58. The summed E-state index contributed by atoms with van der Waals surface area (Å²) in [4.78, 5) is 0. The third-order valence-electron chi connectivity index (χ3n) is 3.69. The maximum Gasteiger partial charge on any atom is 0.0853 e. The second-order valence-corrected chi connectivity index (χ2v) is 4.87. The van der Waals surface area contributed by atoms with Gasteiger partial charge in [-0.1, -0.05) is 26.7 Å². The van der Waals surface area contributed by atoms with Gasteiger partial charge in [0.1, 0.15) is 0 Å². The Kier molecular flexibility index (Phi) is 2.68. The molecule has 13 heavy (non-hydrogen) atoms. The first kappa shape index (κ1) is 10.5. The fourth-order valence-corrected chi connectivity index (χ4v) is 2.43. The van der Waals surface area contributed by atoms with Crippen LogP contribution < -0.4 is 0 Å². The summed E-state index contributed by atoms with van der Waals surface area (Å²) >= 11 is 0. The molecule has 0 amide bonds. The van der Waals surface area contributed by atoms with E-state index in [0.717, 1.165) is 19.3 Å². The molecule has 1 rings (SSSR count). The lowest BCUT2D eigenvalue weighted by Gasteiger charge is -2.48. The molecule has 2 heteroatoms. The minimum atomic E-state index is -0.778. The van der Waals surface area contributed by atoms with Crippen molar-refractivity contribution < 1.29 is 5.11 Å². The van der Waals surface area contributed by atoms with E-state index in [1.165, 1.54) is 6.42 Å². The molecule has 0 radical (unpaired) electrons. The fourth-order valence-electron chi connectivity index (χ4n) is 2.43. The summed E-state index contributed by atoms with van der Waals surface area (Å²) in [5.41, 5.74) is -0.888. The van der Waals surface area contributed by atoms with Gasteiger partial charge in [-0.3, -0.25) is 0 Å². The summed E-state index contributed by atoms with van der Waals surface area (Å²) in [6.45, 7) is 5.97. The number of rotatable bonds is 1. The molecule has 0 aromatic heterocycles. The lowest BCUT2D eigenvalue weighted by Crippen LogP contribution is -2.51. The highest BCUT2D eigenvalue weighted by atomic mass is 16.3. The van der Waals surface area contributed by atoms with Gasteiger partial charge < -0.3 is 5.11 Å². The van der Waals surface area contributed by atoms with Crippen molar-refractivity contribution in [3.63, 3.8) is 0 Å². The van der Waals surface area contributed by atoms with E-state index in [1.54, 1.807) is 0 Å². The van der Waals surface area contributed by atoms with Crippen molar-refractivity contribution in [1.29, 1.82) is 5.26 Å². The minimum absolute atomic E-state index is 0.111. The summed E-state index contributed by atoms with van der Waals surface area (Å²) in [5, 5.41) is 19.3. The first-order valence-corrected chi connectivity index (χ1v) is 5.06. The van der Waals surface area contributed by atoms with E-state index in [2.05, 4.69) is 19.9 Å². The molecule has 2 atom stereocenters. The smallest absolute Gasteiger partial charge is 0.0853 e. The van der Waals surface area contributed by atoms with Crippen LogP contribution in [0.4, 0.5) is 0 Å². The highest BCUT2D eigenvalue weighted by molar-refractivity contribution is 5.05. The zero-order chi connectivity index (χ0) is 10.1. The molecular weight excluding hydrogens is 162 g/mol. The van der Waals surface area contributed by atoms with E-state index >= 15 is 0 Å². The zero-order valence-corrected chi connectivity index (χ0v) is 8.80. The molecule has 2 nitrogen and oxygen atoms in total. The zero-order valence-electron chi connectivity index (χ0n) is 8.80. The van der Waals surface area contributed by atoms with Crippen LogP contribution in [0.2, 0.25) is 0 Å². The molecule has 1 N–H and O–H groups in total. The second kappa shape index (κ2) is 3.31. The number of aliphatic hydroxyl groups is 1. The summed E-state index contributed by atoms with van der Waals surface area (Å²) in [5.74, 6) is -0.261. The van der Waals surface area contributed by atoms with Gasteiger partial charge in [0.05, 0.1) is 17.6 Å². The van der Waals surface area contributed by atoms with Gasteiger partial charge in [-0.05, 0) is 25.2 Å². The first-order valence-electron chi connectivity index (χ1n) is 5.06. The van der Waals surface area contributed by atoms with Crippen molar-refractivity contribution >= 4 is 0 Å². The van der Waals surface area contributed by atoms with Gasteiger partial charge in [0, 0.05) is 0 Å². The third-order valence-corrected chi connectivity index (χ3v) is 3.69. The molecule has 1 aliphatic rings. The van der Waals surface area contributed by atoms with E-state index in [-0.39, 0.29) is 11.3 Å². The van der Waals surface area contributed by atoms with Crippen LogP contribution in [-0.2, 0) is 0 Å². The van der Waals surface area contributed by atoms with Crippen LogP contribution in [-0.4, -0.2) is 10.7 Å². The van der Waals surface area contributed by atoms with Crippen LogP contribution in [0.5, 0.6) is 0 Å². The average molecular weight is 181 g/mol. The summed E-state index contributed by atoms with van der Waals surface area (Å²) in [6, 6.07) is 2.18. The van der Waals surface area contributed by atoms with E-state index in [0.29, 0.717) is 0 Å². The monoisotopic (exact) mass is 181 g/mol. The Morgan fingerprint density at radius 1 is 1.31 bits per heavy atom. The Morgan fingerprint density at radius 2 is 1.85 bits per heavy atom. The van der Waals surface area contributed by atoms with Gasteiger partial charge >= 0.3 is 0 Å². The molecule has 1 fully saturated rings. The van der Waals surface area contributed by atoms with E-state index in [9.17, 15) is 5.11 Å². The van der Waals surface area contributed by atoms with Gasteiger partial charge in [0.2, 0.25) is 0 Å². The van der Waals surface area contributed by atoms with Gasteiger partial charge in [-0.25, -0.2) is 0 Å². The van der Waals surface area contributed by atoms with Crippen LogP contribution in [0.3, 0.4) is 0 Å². The van der Waals surface area contributed by atoms with Crippen molar-refractivity contribution in [3.05, 3.63) is 0 Å². The Morgan fingerprint density at radius 3 is 2.31 bits per heavy atom. The highest BCUT2D eigenvalue weighted by Crippen LogP contribution is 2.47. The number of nitrogens with zero attached hydrogens (tertiary/aromatic N) is 1. The summed E-state index contributed by atoms with van der Waals surface area (Å²) in [6.07, 6.45) is 4.02. The number of nitriles is 1. The Bertz CT molecular complexity index is 229. The van der Waals surface area contributed by atoms with Gasteiger partial charge in [-0.2, -0.15) is 5.26 Å². The molecule has 1 saturated carbocycles. The minimum Gasteiger partial charge on any atom is -0.388 e. The predicted octanol–water partition coefficient (Wildman–Crippen LogP) is 2.48. The molecule has 0 aromatic carbocycles. The predicted molar refractivity (Wildman–Crippen MR) is 52.0 cm³/mol. The Balaban J connectivity index is 2.92. The largest absolute Gasteiger partial charge is 0.388 e. The first-order chi connectivity index (χ1) is 5.94. The van der Waals surface area contributed by atoms with E-state index < -0.39 is 5.60 Å². The molecule has 0 spiro atoms. The van der Waals surface area contributed by atoms with Crippen molar-refractivity contribution in [1.82, 2.24) is 0 Å². The van der Waals surface area contributed by atoms with Crippen LogP contribution in [0, 0.1) is 22.7 Å². The average Bonchev–Trinajstić information content (AvgIpc) is 2.08. The summed E-state index contributed by atoms with van der Waals surface area (Å²) in [7, 11) is 0. The Hall–Kier alpha value is -0.550. The molecule has 0 aromatic rings. The van der Waals surface area contributed by atoms with Crippen molar-refractivity contribution in [2.45, 2.75) is 52.1 Å². The molecule has 74 valence electrons. The molecule has 2 unspecified atom stereocenters. The van der Waals surface area contributed by atoms with Gasteiger partial charge in [-0.15, -0.1) is 0 Å². The van der Waals surface area contributed by atoms with Crippen LogP contribution >= 0.6 is 0 Å².